The molecule has 158 valence electrons. The topological polar surface area (TPSA) is 87.0 Å². The van der Waals surface area contributed by atoms with Gasteiger partial charge >= 0.3 is 0 Å². The van der Waals surface area contributed by atoms with Crippen LogP contribution in [0.15, 0.2) is 59.3 Å². The van der Waals surface area contributed by atoms with Gasteiger partial charge in [0.15, 0.2) is 5.58 Å². The third-order valence-electron chi connectivity index (χ3n) is 5.99. The predicted octanol–water partition coefficient (Wildman–Crippen LogP) is 2.37. The maximum atomic E-state index is 13.5. The van der Waals surface area contributed by atoms with Gasteiger partial charge in [-0.2, -0.15) is 0 Å². The maximum absolute atomic E-state index is 13.5. The van der Waals surface area contributed by atoms with E-state index in [9.17, 15) is 14.4 Å². The van der Waals surface area contributed by atoms with E-state index in [1.54, 1.807) is 23.2 Å². The van der Waals surface area contributed by atoms with Gasteiger partial charge in [-0.3, -0.25) is 19.3 Å². The van der Waals surface area contributed by atoms with Gasteiger partial charge in [-0.05, 0) is 23.8 Å². The number of anilines is 1. The minimum absolute atomic E-state index is 0.161. The quantitative estimate of drug-likeness (QED) is 0.605. The zero-order chi connectivity index (χ0) is 21.4. The van der Waals surface area contributed by atoms with Crippen molar-refractivity contribution < 1.29 is 18.9 Å². The Bertz CT molecular complexity index is 1120. The monoisotopic (exact) mass is 418 g/mol. The lowest BCUT2D eigenvalue weighted by atomic mass is 10.0. The van der Waals surface area contributed by atoms with Gasteiger partial charge < -0.3 is 14.3 Å². The number of amides is 3. The molecule has 0 N–H and O–H groups in total. The first kappa shape index (κ1) is 19.3. The highest BCUT2D eigenvalue weighted by Crippen LogP contribution is 2.30. The standard InChI is InChI=1S/C23H22N4O4/c28-20-8-9-21(29)27(20)22(16-4-2-1-3-5-16)23(30)26-12-10-25(11-13-26)18-6-7-19-17(14-18)15-24-31-19/h1-7,14-15,22H,8-13H2. The second-order valence-electron chi connectivity index (χ2n) is 7.83. The summed E-state index contributed by atoms with van der Waals surface area (Å²) in [7, 11) is 0. The molecular weight excluding hydrogens is 396 g/mol. The number of hydrogen-bond acceptors (Lipinski definition) is 6. The van der Waals surface area contributed by atoms with Crippen LogP contribution < -0.4 is 4.90 Å². The van der Waals surface area contributed by atoms with Crippen LogP contribution in [0.25, 0.3) is 11.0 Å². The Morgan fingerprint density at radius 3 is 2.35 bits per heavy atom. The first-order valence-electron chi connectivity index (χ1n) is 10.4. The highest BCUT2D eigenvalue weighted by Gasteiger charge is 2.41. The van der Waals surface area contributed by atoms with Crippen LogP contribution in [0.2, 0.25) is 0 Å². The molecule has 0 radical (unpaired) electrons. The fourth-order valence-corrected chi connectivity index (χ4v) is 4.33. The molecule has 0 bridgehead atoms. The average molecular weight is 418 g/mol. The van der Waals surface area contributed by atoms with Gasteiger partial charge in [0.1, 0.15) is 6.04 Å². The molecule has 3 aromatic rings. The lowest BCUT2D eigenvalue weighted by Crippen LogP contribution is -2.53. The number of carbonyl (C=O) groups excluding carboxylic acids is 3. The summed E-state index contributed by atoms with van der Waals surface area (Å²) < 4.78 is 5.16. The van der Waals surface area contributed by atoms with Gasteiger partial charge in [-0.15, -0.1) is 0 Å². The molecule has 1 atom stereocenters. The Labute approximate surface area is 179 Å². The third kappa shape index (κ3) is 3.54. The molecule has 2 aliphatic heterocycles. The SMILES string of the molecule is O=C(C(c1ccccc1)N1C(=O)CCC1=O)N1CCN(c2ccc3oncc3c2)CC1. The van der Waals surface area contributed by atoms with Crippen LogP contribution in [-0.2, 0) is 14.4 Å². The molecular formula is C23H22N4O4. The molecule has 2 aromatic carbocycles. The molecule has 3 amide bonds. The number of imide groups is 1. The van der Waals surface area contributed by atoms with Gasteiger partial charge in [-0.1, -0.05) is 35.5 Å². The normalized spacial score (nSPS) is 18.1. The average Bonchev–Trinajstić information content (AvgIpc) is 3.41. The van der Waals surface area contributed by atoms with E-state index < -0.39 is 6.04 Å². The lowest BCUT2D eigenvalue weighted by Gasteiger charge is -2.38. The second kappa shape index (κ2) is 7.86. The van der Waals surface area contributed by atoms with Crippen molar-refractivity contribution in [3.63, 3.8) is 0 Å². The van der Waals surface area contributed by atoms with Crippen molar-refractivity contribution in [3.05, 3.63) is 60.3 Å². The van der Waals surface area contributed by atoms with Crippen molar-refractivity contribution in [3.8, 4) is 0 Å². The second-order valence-corrected chi connectivity index (χ2v) is 7.83. The maximum Gasteiger partial charge on any atom is 0.250 e. The molecule has 2 fully saturated rings. The van der Waals surface area contributed by atoms with E-state index in [4.69, 9.17) is 4.52 Å². The van der Waals surface area contributed by atoms with Gasteiger partial charge in [0.25, 0.3) is 5.91 Å². The Hall–Kier alpha value is -3.68. The van der Waals surface area contributed by atoms with E-state index in [1.807, 2.05) is 36.4 Å². The molecule has 1 unspecified atom stereocenters. The number of fused-ring (bicyclic) bond motifs is 1. The summed E-state index contributed by atoms with van der Waals surface area (Å²) in [5.74, 6) is -0.773. The molecule has 2 saturated heterocycles. The van der Waals surface area contributed by atoms with Crippen LogP contribution in [0.5, 0.6) is 0 Å². The number of benzene rings is 2. The summed E-state index contributed by atoms with van der Waals surface area (Å²) in [6, 6.07) is 14.1. The first-order valence-corrected chi connectivity index (χ1v) is 10.4. The fraction of sp³-hybridized carbons (Fsp3) is 0.304. The molecule has 0 aliphatic carbocycles. The fourth-order valence-electron chi connectivity index (χ4n) is 4.33. The van der Waals surface area contributed by atoms with Crippen molar-refractivity contribution in [2.45, 2.75) is 18.9 Å². The minimum Gasteiger partial charge on any atom is -0.368 e. The van der Waals surface area contributed by atoms with Crippen LogP contribution in [-0.4, -0.2) is 58.9 Å². The van der Waals surface area contributed by atoms with Crippen molar-refractivity contribution in [1.82, 2.24) is 15.0 Å². The summed E-state index contributed by atoms with van der Waals surface area (Å²) in [6.07, 6.45) is 2.01. The molecule has 8 nitrogen and oxygen atoms in total. The van der Waals surface area contributed by atoms with E-state index in [1.165, 1.54) is 0 Å². The molecule has 5 rings (SSSR count). The lowest BCUT2D eigenvalue weighted by molar-refractivity contribution is -0.151. The highest BCUT2D eigenvalue weighted by atomic mass is 16.5. The molecule has 0 spiro atoms. The molecule has 8 heteroatoms. The van der Waals surface area contributed by atoms with Gasteiger partial charge in [0, 0.05) is 50.1 Å². The van der Waals surface area contributed by atoms with Crippen molar-refractivity contribution in [2.24, 2.45) is 0 Å². The number of piperazine rings is 1. The summed E-state index contributed by atoms with van der Waals surface area (Å²) in [5.41, 5.74) is 2.45. The van der Waals surface area contributed by atoms with Crippen LogP contribution in [0.1, 0.15) is 24.4 Å². The van der Waals surface area contributed by atoms with Crippen molar-refractivity contribution in [2.75, 3.05) is 31.1 Å². The Morgan fingerprint density at radius 1 is 0.935 bits per heavy atom. The molecule has 31 heavy (non-hydrogen) atoms. The minimum atomic E-state index is -0.899. The van der Waals surface area contributed by atoms with Gasteiger partial charge in [-0.25, -0.2) is 0 Å². The number of rotatable bonds is 4. The summed E-state index contributed by atoms with van der Waals surface area (Å²) in [6.45, 7) is 2.35. The Balaban J connectivity index is 1.34. The number of nitrogens with zero attached hydrogens (tertiary/aromatic N) is 4. The van der Waals surface area contributed by atoms with E-state index in [2.05, 4.69) is 10.1 Å². The summed E-state index contributed by atoms with van der Waals surface area (Å²) in [5, 5.41) is 4.75. The number of carbonyl (C=O) groups is 3. The van der Waals surface area contributed by atoms with Crippen LogP contribution in [0.4, 0.5) is 5.69 Å². The van der Waals surface area contributed by atoms with Crippen LogP contribution >= 0.6 is 0 Å². The van der Waals surface area contributed by atoms with Crippen molar-refractivity contribution in [1.29, 1.82) is 0 Å². The Morgan fingerprint density at radius 2 is 1.65 bits per heavy atom. The number of aromatic nitrogens is 1. The molecule has 1 aromatic heterocycles. The van der Waals surface area contributed by atoms with Gasteiger partial charge in [0.05, 0.1) is 6.20 Å². The molecule has 0 saturated carbocycles. The van der Waals surface area contributed by atoms with Crippen LogP contribution in [0, 0.1) is 0 Å². The highest BCUT2D eigenvalue weighted by molar-refractivity contribution is 6.06. The van der Waals surface area contributed by atoms with E-state index in [0.717, 1.165) is 21.6 Å². The molecule has 2 aliphatic rings. The number of hydrogen-bond donors (Lipinski definition) is 0. The smallest absolute Gasteiger partial charge is 0.250 e. The third-order valence-corrected chi connectivity index (χ3v) is 5.99. The largest absolute Gasteiger partial charge is 0.368 e. The van der Waals surface area contributed by atoms with Crippen molar-refractivity contribution >= 4 is 34.4 Å². The van der Waals surface area contributed by atoms with Crippen LogP contribution in [0.3, 0.4) is 0 Å². The van der Waals surface area contributed by atoms with Gasteiger partial charge in [0.2, 0.25) is 11.8 Å². The van der Waals surface area contributed by atoms with E-state index in [0.29, 0.717) is 31.7 Å². The zero-order valence-corrected chi connectivity index (χ0v) is 16.9. The summed E-state index contributed by atoms with van der Waals surface area (Å²) in [4.78, 5) is 43.5. The molecule has 3 heterocycles. The first-order chi connectivity index (χ1) is 15.1. The number of likely N-dealkylation sites (tertiary alicyclic amines) is 1. The van der Waals surface area contributed by atoms with E-state index >= 15 is 0 Å². The zero-order valence-electron chi connectivity index (χ0n) is 16.9. The van der Waals surface area contributed by atoms with E-state index in [-0.39, 0.29) is 30.6 Å². The predicted molar refractivity (Wildman–Crippen MR) is 113 cm³/mol. The Kier molecular flexibility index (Phi) is 4.89. The summed E-state index contributed by atoms with van der Waals surface area (Å²) >= 11 is 0.